The summed E-state index contributed by atoms with van der Waals surface area (Å²) in [6.45, 7) is 1.76. The molecule has 1 heterocycles. The number of imide groups is 1. The quantitative estimate of drug-likeness (QED) is 0.447. The SMILES string of the molecule is Cc1ccccc1C(=O)NC(=O)Nc1ccc(-c2ncc(Cl)cc2Cl)c(Cl)c1O. The van der Waals surface area contributed by atoms with Gasteiger partial charge in [-0.25, -0.2) is 4.79 Å². The molecule has 0 saturated carbocycles. The second-order valence-corrected chi connectivity index (χ2v) is 7.25. The molecule has 9 heteroatoms. The minimum atomic E-state index is -0.819. The molecule has 0 aliphatic rings. The molecule has 3 amide bonds. The van der Waals surface area contributed by atoms with Gasteiger partial charge in [-0.1, -0.05) is 53.0 Å². The first kappa shape index (κ1) is 20.9. The van der Waals surface area contributed by atoms with Gasteiger partial charge >= 0.3 is 6.03 Å². The van der Waals surface area contributed by atoms with Crippen LogP contribution in [-0.2, 0) is 0 Å². The molecule has 0 aliphatic carbocycles. The maximum absolute atomic E-state index is 12.2. The van der Waals surface area contributed by atoms with Crippen molar-refractivity contribution in [2.75, 3.05) is 5.32 Å². The lowest BCUT2D eigenvalue weighted by Crippen LogP contribution is -2.34. The molecule has 0 radical (unpaired) electrons. The van der Waals surface area contributed by atoms with Gasteiger partial charge in [-0.15, -0.1) is 0 Å². The van der Waals surface area contributed by atoms with E-state index in [1.807, 2.05) is 0 Å². The second-order valence-electron chi connectivity index (χ2n) is 6.03. The smallest absolute Gasteiger partial charge is 0.326 e. The Morgan fingerprint density at radius 2 is 1.79 bits per heavy atom. The van der Waals surface area contributed by atoms with Crippen LogP contribution in [0.2, 0.25) is 15.1 Å². The van der Waals surface area contributed by atoms with Crippen molar-refractivity contribution in [1.29, 1.82) is 0 Å². The molecular weight excluding hydrogens is 437 g/mol. The van der Waals surface area contributed by atoms with Crippen LogP contribution < -0.4 is 10.6 Å². The number of nitrogens with one attached hydrogen (secondary N) is 2. The summed E-state index contributed by atoms with van der Waals surface area (Å²) >= 11 is 18.2. The lowest BCUT2D eigenvalue weighted by atomic mass is 10.1. The summed E-state index contributed by atoms with van der Waals surface area (Å²) in [7, 11) is 0. The number of carbonyl (C=O) groups excluding carboxylic acids is 2. The van der Waals surface area contributed by atoms with E-state index >= 15 is 0 Å². The van der Waals surface area contributed by atoms with Gasteiger partial charge in [0, 0.05) is 17.3 Å². The molecule has 0 bridgehead atoms. The van der Waals surface area contributed by atoms with E-state index in [2.05, 4.69) is 15.6 Å². The Hall–Kier alpha value is -2.80. The number of aromatic nitrogens is 1. The molecule has 6 nitrogen and oxygen atoms in total. The number of benzene rings is 2. The minimum Gasteiger partial charge on any atom is -0.504 e. The number of phenolic OH excluding ortho intramolecular Hbond substituents is 1. The first-order chi connectivity index (χ1) is 13.8. The highest BCUT2D eigenvalue weighted by atomic mass is 35.5. The van der Waals surface area contributed by atoms with Crippen LogP contribution in [0.3, 0.4) is 0 Å². The van der Waals surface area contributed by atoms with Gasteiger partial charge in [-0.3, -0.25) is 15.1 Å². The van der Waals surface area contributed by atoms with Gasteiger partial charge < -0.3 is 10.4 Å². The van der Waals surface area contributed by atoms with Crippen molar-refractivity contribution >= 4 is 52.4 Å². The van der Waals surface area contributed by atoms with Gasteiger partial charge in [0.05, 0.1) is 26.4 Å². The number of carbonyl (C=O) groups is 2. The van der Waals surface area contributed by atoms with E-state index in [0.29, 0.717) is 21.8 Å². The molecule has 0 fully saturated rings. The first-order valence-corrected chi connectivity index (χ1v) is 9.42. The number of aryl methyl sites for hydroxylation is 1. The number of hydrogen-bond acceptors (Lipinski definition) is 4. The molecule has 0 unspecified atom stereocenters. The summed E-state index contributed by atoms with van der Waals surface area (Å²) in [6, 6.07) is 10.5. The summed E-state index contributed by atoms with van der Waals surface area (Å²) < 4.78 is 0. The number of phenols is 1. The van der Waals surface area contributed by atoms with E-state index in [-0.39, 0.29) is 15.7 Å². The van der Waals surface area contributed by atoms with Crippen LogP contribution in [0.25, 0.3) is 11.3 Å². The van der Waals surface area contributed by atoms with Crippen LogP contribution in [0.15, 0.2) is 48.7 Å². The topological polar surface area (TPSA) is 91.3 Å². The zero-order valence-electron chi connectivity index (χ0n) is 15.0. The normalized spacial score (nSPS) is 10.5. The molecule has 3 rings (SSSR count). The predicted molar refractivity (Wildman–Crippen MR) is 114 cm³/mol. The largest absolute Gasteiger partial charge is 0.504 e. The fourth-order valence-electron chi connectivity index (χ4n) is 2.61. The Bertz CT molecular complexity index is 1120. The van der Waals surface area contributed by atoms with Crippen LogP contribution in [0.1, 0.15) is 15.9 Å². The van der Waals surface area contributed by atoms with Crippen LogP contribution in [0, 0.1) is 6.92 Å². The summed E-state index contributed by atoms with van der Waals surface area (Å²) in [6.07, 6.45) is 1.40. The van der Waals surface area contributed by atoms with Crippen LogP contribution in [-0.4, -0.2) is 22.0 Å². The number of pyridine rings is 1. The van der Waals surface area contributed by atoms with E-state index in [1.54, 1.807) is 31.2 Å². The highest BCUT2D eigenvalue weighted by Crippen LogP contribution is 2.41. The molecular formula is C20H14Cl3N3O3. The molecule has 2 aromatic carbocycles. The molecule has 0 atom stereocenters. The summed E-state index contributed by atoms with van der Waals surface area (Å²) in [5.41, 5.74) is 1.78. The minimum absolute atomic E-state index is 0.0129. The van der Waals surface area contributed by atoms with E-state index in [9.17, 15) is 14.7 Å². The average molecular weight is 451 g/mol. The number of amides is 3. The summed E-state index contributed by atoms with van der Waals surface area (Å²) in [5.74, 6) is -0.963. The number of rotatable bonds is 3. The van der Waals surface area contributed by atoms with Gasteiger partial charge in [-0.05, 0) is 36.8 Å². The van der Waals surface area contributed by atoms with E-state index < -0.39 is 17.7 Å². The van der Waals surface area contributed by atoms with Gasteiger partial charge in [0.1, 0.15) is 0 Å². The highest BCUT2D eigenvalue weighted by molar-refractivity contribution is 6.38. The van der Waals surface area contributed by atoms with E-state index in [0.717, 1.165) is 5.56 Å². The number of hydrogen-bond donors (Lipinski definition) is 3. The standard InChI is InChI=1S/C20H14Cl3N3O3/c1-10-4-2-3-5-12(10)19(28)26-20(29)25-15-7-6-13(16(23)18(15)27)17-14(22)8-11(21)9-24-17/h2-9,27H,1H3,(H2,25,26,28,29). The van der Waals surface area contributed by atoms with Gasteiger partial charge in [-0.2, -0.15) is 0 Å². The summed E-state index contributed by atoms with van der Waals surface area (Å²) in [4.78, 5) is 28.5. The Labute approximate surface area is 181 Å². The second kappa shape index (κ2) is 8.69. The number of urea groups is 1. The molecule has 1 aromatic heterocycles. The summed E-state index contributed by atoms with van der Waals surface area (Å²) in [5, 5.41) is 15.5. The molecule has 0 spiro atoms. The van der Waals surface area contributed by atoms with Crippen molar-refractivity contribution in [3.63, 3.8) is 0 Å². The molecule has 3 aromatic rings. The van der Waals surface area contributed by atoms with Crippen molar-refractivity contribution in [3.8, 4) is 17.0 Å². The Balaban J connectivity index is 1.80. The maximum atomic E-state index is 12.2. The van der Waals surface area contributed by atoms with Gasteiger partial charge in [0.15, 0.2) is 5.75 Å². The first-order valence-electron chi connectivity index (χ1n) is 8.28. The number of nitrogens with zero attached hydrogens (tertiary/aromatic N) is 1. The van der Waals surface area contributed by atoms with Crippen LogP contribution in [0.4, 0.5) is 10.5 Å². The van der Waals surface area contributed by atoms with Crippen LogP contribution >= 0.6 is 34.8 Å². The van der Waals surface area contributed by atoms with Crippen molar-refractivity contribution in [3.05, 3.63) is 74.9 Å². The highest BCUT2D eigenvalue weighted by Gasteiger charge is 2.18. The third kappa shape index (κ3) is 4.62. The van der Waals surface area contributed by atoms with Crippen molar-refractivity contribution in [2.45, 2.75) is 6.92 Å². The number of halogens is 3. The molecule has 0 aliphatic heterocycles. The third-order valence-corrected chi connectivity index (χ3v) is 4.92. The number of aromatic hydroxyl groups is 1. The predicted octanol–water partition coefficient (Wildman–Crippen LogP) is 5.68. The van der Waals surface area contributed by atoms with E-state index in [4.69, 9.17) is 34.8 Å². The average Bonchev–Trinajstić information content (AvgIpc) is 2.66. The molecule has 3 N–H and O–H groups in total. The number of anilines is 1. The molecule has 29 heavy (non-hydrogen) atoms. The zero-order valence-corrected chi connectivity index (χ0v) is 17.2. The fraction of sp³-hybridized carbons (Fsp3) is 0.0500. The van der Waals surface area contributed by atoms with E-state index in [1.165, 1.54) is 24.4 Å². The Morgan fingerprint density at radius 1 is 1.07 bits per heavy atom. The van der Waals surface area contributed by atoms with Gasteiger partial charge in [0.25, 0.3) is 5.91 Å². The van der Waals surface area contributed by atoms with Crippen molar-refractivity contribution in [2.24, 2.45) is 0 Å². The lowest BCUT2D eigenvalue weighted by Gasteiger charge is -2.13. The Kier molecular flexibility index (Phi) is 6.27. The molecule has 0 saturated heterocycles. The molecule has 148 valence electrons. The fourth-order valence-corrected chi connectivity index (χ4v) is 3.35. The van der Waals surface area contributed by atoms with Gasteiger partial charge in [0.2, 0.25) is 0 Å². The third-order valence-electron chi connectivity index (χ3n) is 4.04. The van der Waals surface area contributed by atoms with Crippen molar-refractivity contribution in [1.82, 2.24) is 10.3 Å². The lowest BCUT2D eigenvalue weighted by molar-refractivity contribution is 0.0966. The zero-order chi connectivity index (χ0) is 21.1. The monoisotopic (exact) mass is 449 g/mol. The van der Waals surface area contributed by atoms with Crippen molar-refractivity contribution < 1.29 is 14.7 Å². The maximum Gasteiger partial charge on any atom is 0.326 e. The van der Waals surface area contributed by atoms with Crippen LogP contribution in [0.5, 0.6) is 5.75 Å². The Morgan fingerprint density at radius 3 is 2.48 bits per heavy atom.